The Morgan fingerprint density at radius 3 is 2.68 bits per heavy atom. The molecule has 1 atom stereocenters. The van der Waals surface area contributed by atoms with Crippen molar-refractivity contribution in [2.75, 3.05) is 19.5 Å². The van der Waals surface area contributed by atoms with Crippen molar-refractivity contribution < 1.29 is 23.8 Å². The zero-order valence-electron chi connectivity index (χ0n) is 15.8. The Labute approximate surface area is 161 Å². The maximum Gasteiger partial charge on any atom is 0.338 e. The van der Waals surface area contributed by atoms with Crippen molar-refractivity contribution in [3.8, 4) is 11.5 Å². The number of hydrogen-bond acceptors (Lipinski definition) is 6. The second-order valence-electron chi connectivity index (χ2n) is 5.99. The number of carbonyl (C=O) groups excluding carboxylic acids is 2. The molecule has 0 aliphatic rings. The molecule has 8 nitrogen and oxygen atoms in total. The highest BCUT2D eigenvalue weighted by Gasteiger charge is 2.23. The first kappa shape index (κ1) is 19.2. The molecule has 1 heterocycles. The molecule has 1 unspecified atom stereocenters. The molecule has 0 saturated heterocycles. The first-order chi connectivity index (χ1) is 13.5. The average molecular weight is 383 g/mol. The van der Waals surface area contributed by atoms with Gasteiger partial charge >= 0.3 is 5.97 Å². The van der Waals surface area contributed by atoms with Crippen LogP contribution in [0, 0.1) is 0 Å². The van der Waals surface area contributed by atoms with Crippen LogP contribution in [0.1, 0.15) is 23.7 Å². The standard InChI is InChI=1S/C20H21N3O5/c1-4-17(19(24)23-16-10-13(26-2)6-8-18(16)27-3)28-20(25)12-5-7-14-15(9-12)22-11-21-14/h5-11,17H,4H2,1-3H3,(H,21,22)(H,23,24). The molecule has 0 radical (unpaired) electrons. The summed E-state index contributed by atoms with van der Waals surface area (Å²) < 4.78 is 15.8. The predicted octanol–water partition coefficient (Wildman–Crippen LogP) is 3.15. The number of amides is 1. The minimum Gasteiger partial charge on any atom is -0.497 e. The highest BCUT2D eigenvalue weighted by Crippen LogP contribution is 2.29. The summed E-state index contributed by atoms with van der Waals surface area (Å²) in [5.41, 5.74) is 2.22. The lowest BCUT2D eigenvalue weighted by Gasteiger charge is -2.17. The Hall–Kier alpha value is -3.55. The van der Waals surface area contributed by atoms with Crippen LogP contribution in [-0.4, -0.2) is 42.2 Å². The van der Waals surface area contributed by atoms with E-state index < -0.39 is 18.0 Å². The Morgan fingerprint density at radius 2 is 1.96 bits per heavy atom. The van der Waals surface area contributed by atoms with Gasteiger partial charge in [-0.25, -0.2) is 9.78 Å². The summed E-state index contributed by atoms with van der Waals surface area (Å²) in [4.78, 5) is 32.2. The number of ether oxygens (including phenoxy) is 3. The van der Waals surface area contributed by atoms with Crippen molar-refractivity contribution >= 4 is 28.6 Å². The van der Waals surface area contributed by atoms with E-state index in [0.717, 1.165) is 5.52 Å². The van der Waals surface area contributed by atoms with Gasteiger partial charge in [-0.3, -0.25) is 4.79 Å². The molecule has 0 aliphatic carbocycles. The van der Waals surface area contributed by atoms with Crippen LogP contribution in [0.2, 0.25) is 0 Å². The number of rotatable bonds is 7. The highest BCUT2D eigenvalue weighted by molar-refractivity contribution is 5.99. The molecule has 3 aromatic rings. The second-order valence-corrected chi connectivity index (χ2v) is 5.99. The summed E-state index contributed by atoms with van der Waals surface area (Å²) in [6, 6.07) is 10.0. The van der Waals surface area contributed by atoms with Gasteiger partial charge in [-0.15, -0.1) is 0 Å². The van der Waals surface area contributed by atoms with Gasteiger partial charge in [0.25, 0.3) is 5.91 Å². The topological polar surface area (TPSA) is 103 Å². The van der Waals surface area contributed by atoms with Gasteiger partial charge in [0, 0.05) is 6.07 Å². The Morgan fingerprint density at radius 1 is 1.14 bits per heavy atom. The molecular weight excluding hydrogens is 362 g/mol. The fraction of sp³-hybridized carbons (Fsp3) is 0.250. The molecule has 28 heavy (non-hydrogen) atoms. The van der Waals surface area contributed by atoms with E-state index in [4.69, 9.17) is 14.2 Å². The third-order valence-electron chi connectivity index (χ3n) is 4.23. The number of hydrogen-bond donors (Lipinski definition) is 2. The lowest BCUT2D eigenvalue weighted by Crippen LogP contribution is -2.32. The van der Waals surface area contributed by atoms with Gasteiger partial charge in [-0.05, 0) is 36.8 Å². The number of carbonyl (C=O) groups is 2. The number of aromatic amines is 1. The summed E-state index contributed by atoms with van der Waals surface area (Å²) in [6.45, 7) is 1.76. The zero-order valence-corrected chi connectivity index (χ0v) is 15.8. The van der Waals surface area contributed by atoms with Crippen LogP contribution in [0.15, 0.2) is 42.7 Å². The minimum absolute atomic E-state index is 0.316. The van der Waals surface area contributed by atoms with Crippen LogP contribution in [0.4, 0.5) is 5.69 Å². The molecule has 0 aliphatic heterocycles. The quantitative estimate of drug-likeness (QED) is 0.608. The number of fused-ring (bicyclic) bond motifs is 1. The number of esters is 1. The molecule has 2 N–H and O–H groups in total. The summed E-state index contributed by atoms with van der Waals surface area (Å²) in [6.07, 6.45) is 0.903. The molecule has 0 spiro atoms. The van der Waals surface area contributed by atoms with E-state index in [9.17, 15) is 9.59 Å². The largest absolute Gasteiger partial charge is 0.497 e. The Balaban J connectivity index is 1.73. The number of aromatic nitrogens is 2. The number of nitrogens with zero attached hydrogens (tertiary/aromatic N) is 1. The molecular formula is C20H21N3O5. The Kier molecular flexibility index (Phi) is 5.78. The number of imidazole rings is 1. The average Bonchev–Trinajstić information content (AvgIpc) is 3.19. The molecule has 0 bridgehead atoms. The third kappa shape index (κ3) is 4.06. The van der Waals surface area contributed by atoms with Crippen LogP contribution in [0.25, 0.3) is 11.0 Å². The fourth-order valence-electron chi connectivity index (χ4n) is 2.71. The van der Waals surface area contributed by atoms with Gasteiger partial charge in [-0.1, -0.05) is 6.92 Å². The lowest BCUT2D eigenvalue weighted by atomic mass is 10.2. The molecule has 1 aromatic heterocycles. The van der Waals surface area contributed by atoms with Crippen LogP contribution >= 0.6 is 0 Å². The van der Waals surface area contributed by atoms with Gasteiger partial charge < -0.3 is 24.5 Å². The van der Waals surface area contributed by atoms with Crippen molar-refractivity contribution in [3.05, 3.63) is 48.3 Å². The molecule has 146 valence electrons. The molecule has 0 saturated carbocycles. The Bertz CT molecular complexity index is 998. The first-order valence-electron chi connectivity index (χ1n) is 8.72. The fourth-order valence-corrected chi connectivity index (χ4v) is 2.71. The van der Waals surface area contributed by atoms with Crippen molar-refractivity contribution in [1.29, 1.82) is 0 Å². The van der Waals surface area contributed by atoms with E-state index in [1.165, 1.54) is 14.2 Å². The van der Waals surface area contributed by atoms with Crippen LogP contribution in [0.3, 0.4) is 0 Å². The van der Waals surface area contributed by atoms with Gasteiger partial charge in [0.1, 0.15) is 11.5 Å². The SMILES string of the molecule is CCC(OC(=O)c1ccc2nc[nH]c2c1)C(=O)Nc1cc(OC)ccc1OC. The van der Waals surface area contributed by atoms with E-state index >= 15 is 0 Å². The number of methoxy groups -OCH3 is 2. The van der Waals surface area contributed by atoms with Crippen molar-refractivity contribution in [3.63, 3.8) is 0 Å². The number of H-pyrrole nitrogens is 1. The van der Waals surface area contributed by atoms with E-state index in [1.54, 1.807) is 49.6 Å². The van der Waals surface area contributed by atoms with Crippen molar-refractivity contribution in [2.24, 2.45) is 0 Å². The van der Waals surface area contributed by atoms with Crippen LogP contribution in [-0.2, 0) is 9.53 Å². The van der Waals surface area contributed by atoms with Gasteiger partial charge in [0.2, 0.25) is 0 Å². The highest BCUT2D eigenvalue weighted by atomic mass is 16.5. The molecule has 0 fully saturated rings. The van der Waals surface area contributed by atoms with E-state index in [0.29, 0.717) is 34.7 Å². The first-order valence-corrected chi connectivity index (χ1v) is 8.72. The summed E-state index contributed by atoms with van der Waals surface area (Å²) in [7, 11) is 3.03. The van der Waals surface area contributed by atoms with E-state index in [2.05, 4.69) is 15.3 Å². The normalized spacial score (nSPS) is 11.7. The number of anilines is 1. The lowest BCUT2D eigenvalue weighted by molar-refractivity contribution is -0.124. The maximum atomic E-state index is 12.6. The summed E-state index contributed by atoms with van der Waals surface area (Å²) in [5.74, 6) is -0.00448. The number of benzene rings is 2. The van der Waals surface area contributed by atoms with Crippen molar-refractivity contribution in [2.45, 2.75) is 19.4 Å². The molecule has 1 amide bonds. The summed E-state index contributed by atoms with van der Waals surface area (Å²) >= 11 is 0. The predicted molar refractivity (Wildman–Crippen MR) is 104 cm³/mol. The van der Waals surface area contributed by atoms with Crippen molar-refractivity contribution in [1.82, 2.24) is 9.97 Å². The van der Waals surface area contributed by atoms with Crippen LogP contribution < -0.4 is 14.8 Å². The molecule has 2 aromatic carbocycles. The van der Waals surface area contributed by atoms with Gasteiger partial charge in [0.15, 0.2) is 6.10 Å². The maximum absolute atomic E-state index is 12.6. The second kappa shape index (κ2) is 8.43. The van der Waals surface area contributed by atoms with Gasteiger partial charge in [-0.2, -0.15) is 0 Å². The summed E-state index contributed by atoms with van der Waals surface area (Å²) in [5, 5.41) is 2.73. The minimum atomic E-state index is -0.958. The molecule has 3 rings (SSSR count). The van der Waals surface area contributed by atoms with E-state index in [-0.39, 0.29) is 0 Å². The number of nitrogens with one attached hydrogen (secondary N) is 2. The zero-order chi connectivity index (χ0) is 20.1. The third-order valence-corrected chi connectivity index (χ3v) is 4.23. The van der Waals surface area contributed by atoms with E-state index in [1.807, 2.05) is 0 Å². The van der Waals surface area contributed by atoms with Gasteiger partial charge in [0.05, 0.1) is 42.8 Å². The van der Waals surface area contributed by atoms with Crippen LogP contribution in [0.5, 0.6) is 11.5 Å². The monoisotopic (exact) mass is 383 g/mol. The molecule has 8 heteroatoms. The smallest absolute Gasteiger partial charge is 0.338 e.